The van der Waals surface area contributed by atoms with Crippen molar-refractivity contribution in [2.24, 2.45) is 0 Å². The topological polar surface area (TPSA) is 33.1 Å². The Morgan fingerprint density at radius 1 is 0.900 bits per heavy atom. The molecule has 0 bridgehead atoms. The maximum atomic E-state index is 9.20. The zero-order valence-corrected chi connectivity index (χ0v) is 11.5. The molecular formula is C17H13NOS. The molecular weight excluding hydrogens is 266 g/mol. The normalized spacial score (nSPS) is 11.8. The van der Waals surface area contributed by atoms with E-state index in [1.807, 2.05) is 54.6 Å². The second-order valence-electron chi connectivity index (χ2n) is 4.33. The summed E-state index contributed by atoms with van der Waals surface area (Å²) < 4.78 is 1.20. The lowest BCUT2D eigenvalue weighted by atomic mass is 10.2. The van der Waals surface area contributed by atoms with E-state index in [1.165, 1.54) is 4.70 Å². The van der Waals surface area contributed by atoms with Gasteiger partial charge in [0.15, 0.2) is 0 Å². The molecule has 0 radical (unpaired) electrons. The van der Waals surface area contributed by atoms with E-state index >= 15 is 0 Å². The molecule has 0 aliphatic carbocycles. The fraction of sp³-hybridized carbons (Fsp3) is 0. The van der Waals surface area contributed by atoms with Crippen LogP contribution in [0, 0.1) is 0 Å². The maximum absolute atomic E-state index is 9.20. The molecule has 98 valence electrons. The van der Waals surface area contributed by atoms with Gasteiger partial charge >= 0.3 is 0 Å². The standard InChI is InChI=1S/C17H13NOS/c19-14-11-9-13(10-12-14)5-1-4-8-17-18-15-6-2-3-7-16(15)20-17/h1-12,19H/b5-1+,8-4+. The lowest BCUT2D eigenvalue weighted by Gasteiger charge is -1.92. The van der Waals surface area contributed by atoms with Crippen molar-refractivity contribution in [3.63, 3.8) is 0 Å². The molecule has 2 nitrogen and oxygen atoms in total. The van der Waals surface area contributed by atoms with Gasteiger partial charge in [-0.1, -0.05) is 42.5 Å². The molecule has 20 heavy (non-hydrogen) atoms. The SMILES string of the molecule is Oc1ccc(/C=C/C=C/c2nc3ccccc3s2)cc1. The number of rotatable bonds is 3. The summed E-state index contributed by atoms with van der Waals surface area (Å²) in [6.07, 6.45) is 7.94. The highest BCUT2D eigenvalue weighted by Gasteiger charge is 1.98. The Kier molecular flexibility index (Phi) is 3.61. The van der Waals surface area contributed by atoms with Crippen LogP contribution in [0.2, 0.25) is 0 Å². The Labute approximate surface area is 121 Å². The van der Waals surface area contributed by atoms with Gasteiger partial charge in [-0.2, -0.15) is 0 Å². The highest BCUT2D eigenvalue weighted by molar-refractivity contribution is 7.19. The van der Waals surface area contributed by atoms with E-state index in [0.29, 0.717) is 0 Å². The molecule has 1 aromatic heterocycles. The fourth-order valence-electron chi connectivity index (χ4n) is 1.85. The molecule has 0 saturated carbocycles. The molecule has 0 spiro atoms. The van der Waals surface area contributed by atoms with Crippen LogP contribution >= 0.6 is 11.3 Å². The maximum Gasteiger partial charge on any atom is 0.117 e. The highest BCUT2D eigenvalue weighted by Crippen LogP contribution is 2.22. The minimum absolute atomic E-state index is 0.284. The number of phenolic OH excluding ortho intramolecular Hbond substituents is 1. The molecule has 2 aromatic carbocycles. The minimum atomic E-state index is 0.284. The van der Waals surface area contributed by atoms with Crippen molar-refractivity contribution in [1.82, 2.24) is 4.98 Å². The quantitative estimate of drug-likeness (QED) is 0.703. The van der Waals surface area contributed by atoms with Crippen LogP contribution in [0.3, 0.4) is 0 Å². The van der Waals surface area contributed by atoms with Crippen LogP contribution in [0.1, 0.15) is 10.6 Å². The largest absolute Gasteiger partial charge is 0.508 e. The number of nitrogens with zero attached hydrogens (tertiary/aromatic N) is 1. The fourth-order valence-corrected chi connectivity index (χ4v) is 2.73. The third-order valence-electron chi connectivity index (χ3n) is 2.84. The van der Waals surface area contributed by atoms with Crippen molar-refractivity contribution >= 4 is 33.7 Å². The number of hydrogen-bond donors (Lipinski definition) is 1. The van der Waals surface area contributed by atoms with Crippen LogP contribution in [0.4, 0.5) is 0 Å². The van der Waals surface area contributed by atoms with Gasteiger partial charge in [0.05, 0.1) is 10.2 Å². The molecule has 3 aromatic rings. The van der Waals surface area contributed by atoms with Gasteiger partial charge in [-0.05, 0) is 35.9 Å². The number of phenols is 1. The number of allylic oxidation sites excluding steroid dienone is 2. The molecule has 1 N–H and O–H groups in total. The van der Waals surface area contributed by atoms with Gasteiger partial charge in [-0.15, -0.1) is 11.3 Å². The molecule has 0 aliphatic rings. The van der Waals surface area contributed by atoms with E-state index in [2.05, 4.69) is 11.1 Å². The van der Waals surface area contributed by atoms with Gasteiger partial charge in [0.1, 0.15) is 10.8 Å². The van der Waals surface area contributed by atoms with Gasteiger partial charge in [-0.25, -0.2) is 4.98 Å². The van der Waals surface area contributed by atoms with Gasteiger partial charge < -0.3 is 5.11 Å². The lowest BCUT2D eigenvalue weighted by molar-refractivity contribution is 0.475. The summed E-state index contributed by atoms with van der Waals surface area (Å²) in [7, 11) is 0. The van der Waals surface area contributed by atoms with Crippen LogP contribution in [0.15, 0.2) is 60.7 Å². The number of para-hydroxylation sites is 1. The van der Waals surface area contributed by atoms with Gasteiger partial charge in [0.2, 0.25) is 0 Å². The Morgan fingerprint density at radius 3 is 2.45 bits per heavy atom. The minimum Gasteiger partial charge on any atom is -0.508 e. The van der Waals surface area contributed by atoms with Crippen molar-refractivity contribution in [2.45, 2.75) is 0 Å². The highest BCUT2D eigenvalue weighted by atomic mass is 32.1. The molecule has 0 amide bonds. The molecule has 1 heterocycles. The first-order valence-corrected chi connectivity index (χ1v) is 7.12. The number of benzene rings is 2. The van der Waals surface area contributed by atoms with E-state index in [0.717, 1.165) is 16.1 Å². The first kappa shape index (κ1) is 12.6. The van der Waals surface area contributed by atoms with E-state index in [9.17, 15) is 5.11 Å². The van der Waals surface area contributed by atoms with Gasteiger partial charge in [0, 0.05) is 0 Å². The lowest BCUT2D eigenvalue weighted by Crippen LogP contribution is -1.69. The molecule has 0 fully saturated rings. The van der Waals surface area contributed by atoms with Crippen molar-refractivity contribution < 1.29 is 5.11 Å². The average Bonchev–Trinajstić information content (AvgIpc) is 2.88. The number of fused-ring (bicyclic) bond motifs is 1. The number of aromatic hydroxyl groups is 1. The van der Waals surface area contributed by atoms with E-state index in [-0.39, 0.29) is 5.75 Å². The summed E-state index contributed by atoms with van der Waals surface area (Å²) in [4.78, 5) is 4.53. The Balaban J connectivity index is 1.72. The molecule has 0 aliphatic heterocycles. The zero-order chi connectivity index (χ0) is 13.8. The second-order valence-corrected chi connectivity index (χ2v) is 5.39. The Morgan fingerprint density at radius 2 is 1.65 bits per heavy atom. The molecule has 0 unspecified atom stereocenters. The van der Waals surface area contributed by atoms with Crippen LogP contribution < -0.4 is 0 Å². The van der Waals surface area contributed by atoms with Gasteiger partial charge in [-0.3, -0.25) is 0 Å². The summed E-state index contributed by atoms with van der Waals surface area (Å²) in [6, 6.07) is 15.2. The Hall–Kier alpha value is -2.39. The number of aromatic nitrogens is 1. The van der Waals surface area contributed by atoms with Crippen molar-refractivity contribution in [2.75, 3.05) is 0 Å². The monoisotopic (exact) mass is 279 g/mol. The van der Waals surface area contributed by atoms with E-state index < -0.39 is 0 Å². The smallest absolute Gasteiger partial charge is 0.117 e. The Bertz CT molecular complexity index is 736. The van der Waals surface area contributed by atoms with Crippen molar-refractivity contribution in [3.05, 3.63) is 71.3 Å². The zero-order valence-electron chi connectivity index (χ0n) is 10.7. The van der Waals surface area contributed by atoms with E-state index in [1.54, 1.807) is 23.5 Å². The number of thiazole rings is 1. The van der Waals surface area contributed by atoms with Crippen LogP contribution in [-0.4, -0.2) is 10.1 Å². The van der Waals surface area contributed by atoms with Crippen molar-refractivity contribution in [1.29, 1.82) is 0 Å². The van der Waals surface area contributed by atoms with Gasteiger partial charge in [0.25, 0.3) is 0 Å². The van der Waals surface area contributed by atoms with Crippen molar-refractivity contribution in [3.8, 4) is 5.75 Å². The summed E-state index contributed by atoms with van der Waals surface area (Å²) in [5.41, 5.74) is 2.09. The molecule has 3 heteroatoms. The third kappa shape index (κ3) is 2.95. The molecule has 0 atom stereocenters. The van der Waals surface area contributed by atoms with Crippen LogP contribution in [0.5, 0.6) is 5.75 Å². The first-order valence-electron chi connectivity index (χ1n) is 6.31. The van der Waals surface area contributed by atoms with Crippen LogP contribution in [0.25, 0.3) is 22.4 Å². The summed E-state index contributed by atoms with van der Waals surface area (Å²) in [5.74, 6) is 0.284. The van der Waals surface area contributed by atoms with E-state index in [4.69, 9.17) is 0 Å². The summed E-state index contributed by atoms with van der Waals surface area (Å²) in [6.45, 7) is 0. The molecule has 0 saturated heterocycles. The summed E-state index contributed by atoms with van der Waals surface area (Å²) >= 11 is 1.68. The average molecular weight is 279 g/mol. The predicted octanol–water partition coefficient (Wildman–Crippen LogP) is 4.73. The first-order chi connectivity index (χ1) is 9.81. The van der Waals surface area contributed by atoms with Crippen LogP contribution in [-0.2, 0) is 0 Å². The second kappa shape index (κ2) is 5.72. The summed E-state index contributed by atoms with van der Waals surface area (Å²) in [5, 5.41) is 10.2. The third-order valence-corrected chi connectivity index (χ3v) is 3.84. The number of hydrogen-bond acceptors (Lipinski definition) is 3. The molecule has 3 rings (SSSR count). The predicted molar refractivity (Wildman–Crippen MR) is 85.8 cm³/mol.